The number of methoxy groups -OCH3 is 1. The molecular formula is C20H17NO4. The molecule has 2 aromatic carbocycles. The van der Waals surface area contributed by atoms with Crippen molar-refractivity contribution in [3.8, 4) is 5.75 Å². The van der Waals surface area contributed by atoms with Crippen LogP contribution < -0.4 is 4.90 Å². The number of aromatic hydroxyl groups is 1. The number of hydrogen-bond acceptors (Lipinski definition) is 5. The highest BCUT2D eigenvalue weighted by molar-refractivity contribution is 6.30. The summed E-state index contributed by atoms with van der Waals surface area (Å²) in [6.45, 7) is 1.72. The highest BCUT2D eigenvalue weighted by atomic mass is 16.5. The highest BCUT2D eigenvalue weighted by Gasteiger charge is 2.38. The quantitative estimate of drug-likeness (QED) is 0.530. The van der Waals surface area contributed by atoms with E-state index < -0.39 is 5.97 Å². The Morgan fingerprint density at radius 3 is 2.32 bits per heavy atom. The predicted molar refractivity (Wildman–Crippen MR) is 94.7 cm³/mol. The number of allylic oxidation sites excluding steroid dienone is 2. The third-order valence-electron chi connectivity index (χ3n) is 4.00. The molecule has 1 aliphatic heterocycles. The molecule has 0 fully saturated rings. The second kappa shape index (κ2) is 6.65. The van der Waals surface area contributed by atoms with Crippen LogP contribution in [0.5, 0.6) is 5.75 Å². The largest absolute Gasteiger partial charge is 0.508 e. The maximum Gasteiger partial charge on any atom is 0.343 e. The summed E-state index contributed by atoms with van der Waals surface area (Å²) in [7, 11) is 1.25. The summed E-state index contributed by atoms with van der Waals surface area (Å²) in [5, 5.41) is 9.42. The van der Waals surface area contributed by atoms with Gasteiger partial charge in [-0.25, -0.2) is 4.79 Å². The fourth-order valence-corrected chi connectivity index (χ4v) is 2.80. The summed E-state index contributed by atoms with van der Waals surface area (Å²) in [5.41, 5.74) is 2.41. The van der Waals surface area contributed by atoms with Crippen LogP contribution in [0.1, 0.15) is 12.5 Å². The number of anilines is 1. The van der Waals surface area contributed by atoms with E-state index in [1.807, 2.05) is 30.3 Å². The van der Waals surface area contributed by atoms with Crippen LogP contribution in [-0.2, 0) is 14.3 Å². The topological polar surface area (TPSA) is 66.8 Å². The fraction of sp³-hybridized carbons (Fsp3) is 0.100. The van der Waals surface area contributed by atoms with Crippen molar-refractivity contribution >= 4 is 23.5 Å². The number of carbonyl (C=O) groups excluding carboxylic acids is 2. The molecule has 0 radical (unpaired) electrons. The zero-order valence-electron chi connectivity index (χ0n) is 13.9. The molecule has 2 aromatic rings. The highest BCUT2D eigenvalue weighted by Crippen LogP contribution is 2.35. The van der Waals surface area contributed by atoms with Crippen molar-refractivity contribution in [2.24, 2.45) is 0 Å². The van der Waals surface area contributed by atoms with Crippen LogP contribution in [0.2, 0.25) is 0 Å². The minimum Gasteiger partial charge on any atom is -0.508 e. The fourth-order valence-electron chi connectivity index (χ4n) is 2.80. The van der Waals surface area contributed by atoms with Gasteiger partial charge in [-0.05, 0) is 42.8 Å². The zero-order chi connectivity index (χ0) is 18.0. The van der Waals surface area contributed by atoms with E-state index in [1.165, 1.54) is 7.11 Å². The number of benzene rings is 2. The summed E-state index contributed by atoms with van der Waals surface area (Å²) in [6.07, 6.45) is 1.69. The van der Waals surface area contributed by atoms with Crippen molar-refractivity contribution in [2.75, 3.05) is 12.0 Å². The van der Waals surface area contributed by atoms with Gasteiger partial charge in [-0.1, -0.05) is 30.3 Å². The maximum absolute atomic E-state index is 12.9. The first-order valence-electron chi connectivity index (χ1n) is 7.72. The lowest BCUT2D eigenvalue weighted by Crippen LogP contribution is -2.18. The van der Waals surface area contributed by atoms with Gasteiger partial charge in [0.05, 0.1) is 12.8 Å². The van der Waals surface area contributed by atoms with E-state index >= 15 is 0 Å². The van der Waals surface area contributed by atoms with Gasteiger partial charge in [-0.15, -0.1) is 0 Å². The van der Waals surface area contributed by atoms with E-state index in [2.05, 4.69) is 0 Å². The zero-order valence-corrected chi connectivity index (χ0v) is 13.9. The number of phenolic OH excluding ortho intramolecular Hbond substituents is 1. The van der Waals surface area contributed by atoms with Crippen molar-refractivity contribution in [1.82, 2.24) is 0 Å². The van der Waals surface area contributed by atoms with Gasteiger partial charge in [-0.3, -0.25) is 4.79 Å². The number of esters is 1. The van der Waals surface area contributed by atoms with Crippen LogP contribution >= 0.6 is 0 Å². The van der Waals surface area contributed by atoms with Gasteiger partial charge in [0.2, 0.25) is 5.78 Å². The SMILES string of the molecule is COC(=O)C1=C(C)N(c2ccccc2)C(=Cc2ccc(O)cc2)C1=O. The summed E-state index contributed by atoms with van der Waals surface area (Å²) >= 11 is 0. The summed E-state index contributed by atoms with van der Waals surface area (Å²) in [4.78, 5) is 26.7. The second-order valence-corrected chi connectivity index (χ2v) is 5.57. The Kier molecular flexibility index (Phi) is 4.39. The Morgan fingerprint density at radius 2 is 1.72 bits per heavy atom. The molecule has 126 valence electrons. The number of hydrogen-bond donors (Lipinski definition) is 1. The van der Waals surface area contributed by atoms with Gasteiger partial charge in [0.1, 0.15) is 11.3 Å². The molecule has 1 N–H and O–H groups in total. The lowest BCUT2D eigenvalue weighted by Gasteiger charge is -2.21. The molecule has 0 unspecified atom stereocenters. The van der Waals surface area contributed by atoms with E-state index in [0.29, 0.717) is 11.4 Å². The molecule has 5 nitrogen and oxygen atoms in total. The molecule has 0 amide bonds. The van der Waals surface area contributed by atoms with Crippen LogP contribution in [0.3, 0.4) is 0 Å². The summed E-state index contributed by atoms with van der Waals surface area (Å²) < 4.78 is 4.77. The standard InChI is InChI=1S/C20H17NO4/c1-13-18(20(24)25-2)19(23)17(12-14-8-10-16(22)11-9-14)21(13)15-6-4-3-5-7-15/h3-12,22H,1-2H3. The number of nitrogens with zero attached hydrogens (tertiary/aromatic N) is 1. The van der Waals surface area contributed by atoms with Crippen LogP contribution in [-0.4, -0.2) is 24.0 Å². The smallest absolute Gasteiger partial charge is 0.343 e. The van der Waals surface area contributed by atoms with Crippen LogP contribution in [0, 0.1) is 0 Å². The number of Topliss-reactive ketones (excluding diaryl/α,β-unsaturated/α-hetero) is 1. The summed E-state index contributed by atoms with van der Waals surface area (Å²) in [5.74, 6) is -0.900. The molecule has 0 aromatic heterocycles. The molecule has 25 heavy (non-hydrogen) atoms. The molecular weight excluding hydrogens is 318 g/mol. The Balaban J connectivity index is 2.14. The number of rotatable bonds is 3. The Bertz CT molecular complexity index is 880. The monoisotopic (exact) mass is 335 g/mol. The molecule has 0 aliphatic carbocycles. The Hall–Kier alpha value is -3.34. The van der Waals surface area contributed by atoms with Gasteiger partial charge in [0.25, 0.3) is 0 Å². The molecule has 0 spiro atoms. The third kappa shape index (κ3) is 3.04. The first kappa shape index (κ1) is 16.5. The number of phenols is 1. The second-order valence-electron chi connectivity index (χ2n) is 5.57. The third-order valence-corrected chi connectivity index (χ3v) is 4.00. The van der Waals surface area contributed by atoms with Crippen LogP contribution in [0.15, 0.2) is 71.6 Å². The van der Waals surface area contributed by atoms with E-state index in [9.17, 15) is 14.7 Å². The number of carbonyl (C=O) groups is 2. The van der Waals surface area contributed by atoms with Crippen molar-refractivity contribution in [1.29, 1.82) is 0 Å². The van der Waals surface area contributed by atoms with E-state index in [-0.39, 0.29) is 17.1 Å². The molecule has 0 saturated heterocycles. The van der Waals surface area contributed by atoms with Gasteiger partial charge < -0.3 is 14.7 Å². The van der Waals surface area contributed by atoms with Crippen LogP contribution in [0.4, 0.5) is 5.69 Å². The average molecular weight is 335 g/mol. The van der Waals surface area contributed by atoms with E-state index in [0.717, 1.165) is 11.3 Å². The first-order valence-corrected chi connectivity index (χ1v) is 7.72. The number of para-hydroxylation sites is 1. The normalized spacial score (nSPS) is 15.8. The van der Waals surface area contributed by atoms with E-state index in [1.54, 1.807) is 42.2 Å². The van der Waals surface area contributed by atoms with Gasteiger partial charge in [0.15, 0.2) is 0 Å². The molecule has 5 heteroatoms. The van der Waals surface area contributed by atoms with Crippen LogP contribution in [0.25, 0.3) is 6.08 Å². The molecule has 1 aliphatic rings. The van der Waals surface area contributed by atoms with Crippen molar-refractivity contribution in [3.05, 3.63) is 77.1 Å². The lowest BCUT2D eigenvalue weighted by molar-refractivity contribution is -0.137. The number of ketones is 1. The predicted octanol–water partition coefficient (Wildman–Crippen LogP) is 3.27. The minimum absolute atomic E-state index is 0.0244. The van der Waals surface area contributed by atoms with Crippen molar-refractivity contribution in [3.63, 3.8) is 0 Å². The molecule has 3 rings (SSSR count). The minimum atomic E-state index is -0.655. The first-order chi connectivity index (χ1) is 12.0. The summed E-state index contributed by atoms with van der Waals surface area (Å²) in [6, 6.07) is 15.8. The molecule has 0 atom stereocenters. The van der Waals surface area contributed by atoms with E-state index in [4.69, 9.17) is 4.74 Å². The maximum atomic E-state index is 12.9. The van der Waals surface area contributed by atoms with Crippen molar-refractivity contribution < 1.29 is 19.4 Å². The Morgan fingerprint density at radius 1 is 1.08 bits per heavy atom. The van der Waals surface area contributed by atoms with Gasteiger partial charge >= 0.3 is 5.97 Å². The number of ether oxygens (including phenoxy) is 1. The molecule has 0 saturated carbocycles. The Labute approximate surface area is 145 Å². The van der Waals surface area contributed by atoms with Gasteiger partial charge in [-0.2, -0.15) is 0 Å². The van der Waals surface area contributed by atoms with Crippen molar-refractivity contribution in [2.45, 2.75) is 6.92 Å². The molecule has 0 bridgehead atoms. The molecule has 1 heterocycles. The lowest BCUT2D eigenvalue weighted by atomic mass is 10.1. The van der Waals surface area contributed by atoms with Gasteiger partial charge in [0, 0.05) is 11.4 Å². The average Bonchev–Trinajstić information content (AvgIpc) is 2.87.